The molecule has 2 atom stereocenters. The van der Waals surface area contributed by atoms with E-state index in [9.17, 15) is 4.79 Å². The van der Waals surface area contributed by atoms with Crippen molar-refractivity contribution < 1.29 is 14.2 Å². The quantitative estimate of drug-likeness (QED) is 0.319. The first-order valence-electron chi connectivity index (χ1n) is 13.0. The molecule has 3 heterocycles. The topological polar surface area (TPSA) is 107 Å². The Kier molecular flexibility index (Phi) is 8.00. The van der Waals surface area contributed by atoms with Gasteiger partial charge < -0.3 is 19.2 Å². The number of pyridine rings is 1. The smallest absolute Gasteiger partial charge is 0.252 e. The van der Waals surface area contributed by atoms with Gasteiger partial charge >= 0.3 is 0 Å². The Hall–Kier alpha value is -3.76. The van der Waals surface area contributed by atoms with Crippen LogP contribution in [-0.4, -0.2) is 57.0 Å². The minimum atomic E-state index is -0.117. The van der Waals surface area contributed by atoms with Crippen LogP contribution in [0.15, 0.2) is 53.3 Å². The molecular weight excluding hydrogens is 484 g/mol. The SMILES string of the molecule is CC[C@H](c1nnnn1C[C@@H]1CCCO1)N(Cc1ccc(OC)cc1)Cc1cc2cc(OC)ccc2[nH]c1=O. The van der Waals surface area contributed by atoms with Crippen LogP contribution in [0.2, 0.25) is 0 Å². The number of benzene rings is 2. The molecular formula is C28H34N6O4. The Balaban J connectivity index is 1.50. The number of ether oxygens (including phenoxy) is 3. The number of aromatic nitrogens is 5. The lowest BCUT2D eigenvalue weighted by atomic mass is 10.1. The van der Waals surface area contributed by atoms with E-state index in [0.717, 1.165) is 59.7 Å². The molecule has 10 heteroatoms. The van der Waals surface area contributed by atoms with Crippen LogP contribution in [0.25, 0.3) is 10.9 Å². The third kappa shape index (κ3) is 5.71. The third-order valence-electron chi connectivity index (χ3n) is 7.13. The minimum Gasteiger partial charge on any atom is -0.497 e. The highest BCUT2D eigenvalue weighted by molar-refractivity contribution is 5.80. The van der Waals surface area contributed by atoms with E-state index in [2.05, 4.69) is 32.3 Å². The van der Waals surface area contributed by atoms with Gasteiger partial charge in [-0.05, 0) is 71.7 Å². The summed E-state index contributed by atoms with van der Waals surface area (Å²) in [5, 5.41) is 13.7. The second-order valence-corrected chi connectivity index (χ2v) is 9.61. The number of nitrogens with zero attached hydrogens (tertiary/aromatic N) is 5. The minimum absolute atomic E-state index is 0.114. The van der Waals surface area contributed by atoms with Gasteiger partial charge in [0.1, 0.15) is 11.5 Å². The van der Waals surface area contributed by atoms with E-state index in [4.69, 9.17) is 14.2 Å². The lowest BCUT2D eigenvalue weighted by Gasteiger charge is -2.30. The predicted molar refractivity (Wildman–Crippen MR) is 143 cm³/mol. The molecule has 2 aromatic carbocycles. The van der Waals surface area contributed by atoms with Crippen LogP contribution in [0.1, 0.15) is 49.2 Å². The van der Waals surface area contributed by atoms with E-state index in [0.29, 0.717) is 25.2 Å². The zero-order chi connectivity index (χ0) is 26.5. The van der Waals surface area contributed by atoms with Crippen molar-refractivity contribution in [2.45, 2.75) is 58.0 Å². The van der Waals surface area contributed by atoms with Crippen LogP contribution in [0, 0.1) is 0 Å². The van der Waals surface area contributed by atoms with Gasteiger partial charge in [0.25, 0.3) is 5.56 Å². The highest BCUT2D eigenvalue weighted by Crippen LogP contribution is 2.28. The molecule has 1 aliphatic heterocycles. The molecule has 0 spiro atoms. The Morgan fingerprint density at radius 1 is 1.11 bits per heavy atom. The van der Waals surface area contributed by atoms with Crippen LogP contribution in [-0.2, 0) is 24.4 Å². The second-order valence-electron chi connectivity index (χ2n) is 9.61. The summed E-state index contributed by atoms with van der Waals surface area (Å²) in [5.41, 5.74) is 2.42. The number of nitrogens with one attached hydrogen (secondary N) is 1. The second kappa shape index (κ2) is 11.7. The van der Waals surface area contributed by atoms with E-state index in [1.807, 2.05) is 53.2 Å². The van der Waals surface area contributed by atoms with Crippen molar-refractivity contribution in [3.05, 3.63) is 75.8 Å². The number of methoxy groups -OCH3 is 2. The van der Waals surface area contributed by atoms with E-state index >= 15 is 0 Å². The van der Waals surface area contributed by atoms with Gasteiger partial charge in [-0.1, -0.05) is 19.1 Å². The standard InChI is InChI=1S/C28H34N6O4/c1-4-26(27-30-31-32-34(27)18-24-6-5-13-38-24)33(16-19-7-9-22(36-2)10-8-19)17-21-14-20-15-23(37-3)11-12-25(20)29-28(21)35/h7-12,14-15,24,26H,4-6,13,16-18H2,1-3H3,(H,29,35)/t24-,26+/m0/s1. The van der Waals surface area contributed by atoms with Crippen molar-refractivity contribution in [1.29, 1.82) is 0 Å². The van der Waals surface area contributed by atoms with Crippen LogP contribution in [0.4, 0.5) is 0 Å². The van der Waals surface area contributed by atoms with Crippen molar-refractivity contribution in [2.24, 2.45) is 0 Å². The molecule has 0 radical (unpaired) electrons. The number of tetrazole rings is 1. The van der Waals surface area contributed by atoms with Crippen LogP contribution in [0.5, 0.6) is 11.5 Å². The summed E-state index contributed by atoms with van der Waals surface area (Å²) in [7, 11) is 3.29. The Morgan fingerprint density at radius 3 is 2.61 bits per heavy atom. The maximum absolute atomic E-state index is 13.2. The fourth-order valence-corrected chi connectivity index (χ4v) is 5.10. The summed E-state index contributed by atoms with van der Waals surface area (Å²) in [6.07, 6.45) is 2.93. The molecule has 0 saturated carbocycles. The normalized spacial score (nSPS) is 16.3. The van der Waals surface area contributed by atoms with Crippen LogP contribution >= 0.6 is 0 Å². The lowest BCUT2D eigenvalue weighted by molar-refractivity contribution is 0.0888. The molecule has 4 aromatic rings. The highest BCUT2D eigenvalue weighted by atomic mass is 16.5. The zero-order valence-corrected chi connectivity index (χ0v) is 22.1. The summed E-state index contributed by atoms with van der Waals surface area (Å²) >= 11 is 0. The monoisotopic (exact) mass is 518 g/mol. The number of H-pyrrole nitrogens is 1. The molecule has 0 aliphatic carbocycles. The van der Waals surface area contributed by atoms with Crippen LogP contribution in [0.3, 0.4) is 0 Å². The Labute approximate surface area is 221 Å². The van der Waals surface area contributed by atoms with Crippen LogP contribution < -0.4 is 15.0 Å². The zero-order valence-electron chi connectivity index (χ0n) is 22.1. The Bertz CT molecular complexity index is 1410. The number of hydrogen-bond donors (Lipinski definition) is 1. The maximum Gasteiger partial charge on any atom is 0.252 e. The van der Waals surface area contributed by atoms with Gasteiger partial charge in [-0.15, -0.1) is 5.10 Å². The van der Waals surface area contributed by atoms with E-state index in [1.165, 1.54) is 0 Å². The molecule has 200 valence electrons. The molecule has 0 bridgehead atoms. The van der Waals surface area contributed by atoms with Crippen molar-refractivity contribution in [1.82, 2.24) is 30.1 Å². The van der Waals surface area contributed by atoms with Crippen molar-refractivity contribution >= 4 is 10.9 Å². The largest absolute Gasteiger partial charge is 0.497 e. The lowest BCUT2D eigenvalue weighted by Crippen LogP contribution is -2.33. The molecule has 2 aromatic heterocycles. The molecule has 1 fully saturated rings. The maximum atomic E-state index is 13.2. The molecule has 10 nitrogen and oxygen atoms in total. The molecule has 0 unspecified atom stereocenters. The Morgan fingerprint density at radius 2 is 1.89 bits per heavy atom. The number of aromatic amines is 1. The first kappa shape index (κ1) is 25.9. The fraction of sp³-hybridized carbons (Fsp3) is 0.429. The number of rotatable bonds is 11. The molecule has 1 N–H and O–H groups in total. The van der Waals surface area contributed by atoms with Gasteiger partial charge in [0.05, 0.1) is 32.9 Å². The van der Waals surface area contributed by atoms with Crippen molar-refractivity contribution in [2.75, 3.05) is 20.8 Å². The number of fused-ring (bicyclic) bond motifs is 1. The average molecular weight is 519 g/mol. The summed E-state index contributed by atoms with van der Waals surface area (Å²) in [4.78, 5) is 18.5. The van der Waals surface area contributed by atoms with E-state index in [-0.39, 0.29) is 17.7 Å². The van der Waals surface area contributed by atoms with Gasteiger partial charge in [-0.2, -0.15) is 0 Å². The summed E-state index contributed by atoms with van der Waals surface area (Å²) in [5.74, 6) is 2.31. The molecule has 38 heavy (non-hydrogen) atoms. The van der Waals surface area contributed by atoms with Crippen molar-refractivity contribution in [3.63, 3.8) is 0 Å². The van der Waals surface area contributed by atoms with Crippen molar-refractivity contribution in [3.8, 4) is 11.5 Å². The van der Waals surface area contributed by atoms with Gasteiger partial charge in [0.2, 0.25) is 0 Å². The molecule has 1 aliphatic rings. The fourth-order valence-electron chi connectivity index (χ4n) is 5.10. The average Bonchev–Trinajstić information content (AvgIpc) is 3.62. The number of hydrogen-bond acceptors (Lipinski definition) is 8. The first-order valence-corrected chi connectivity index (χ1v) is 13.0. The molecule has 5 rings (SSSR count). The molecule has 1 saturated heterocycles. The highest BCUT2D eigenvalue weighted by Gasteiger charge is 2.28. The van der Waals surface area contributed by atoms with Gasteiger partial charge in [-0.25, -0.2) is 4.68 Å². The van der Waals surface area contributed by atoms with Gasteiger partial charge in [-0.3, -0.25) is 9.69 Å². The first-order chi connectivity index (χ1) is 18.6. The summed E-state index contributed by atoms with van der Waals surface area (Å²) in [6.45, 7) is 4.53. The molecule has 0 amide bonds. The predicted octanol–water partition coefficient (Wildman–Crippen LogP) is 3.86. The summed E-state index contributed by atoms with van der Waals surface area (Å²) < 4.78 is 18.4. The van der Waals surface area contributed by atoms with Gasteiger partial charge in [0, 0.05) is 36.2 Å². The van der Waals surface area contributed by atoms with E-state index in [1.54, 1.807) is 14.2 Å². The van der Waals surface area contributed by atoms with E-state index < -0.39 is 0 Å². The van der Waals surface area contributed by atoms with Gasteiger partial charge in [0.15, 0.2) is 5.82 Å². The third-order valence-corrected chi connectivity index (χ3v) is 7.13. The summed E-state index contributed by atoms with van der Waals surface area (Å²) in [6, 6.07) is 15.5.